The van der Waals surface area contributed by atoms with Gasteiger partial charge in [-0.3, -0.25) is 4.79 Å². The fraction of sp³-hybridized carbons (Fsp3) is 0.588. The molecule has 7 heteroatoms. The largest absolute Gasteiger partial charge is 0.497 e. The van der Waals surface area contributed by atoms with E-state index in [1.165, 1.54) is 4.31 Å². The number of hydrogen-bond acceptors (Lipinski definition) is 4. The molecule has 2 fully saturated rings. The zero-order valence-corrected chi connectivity index (χ0v) is 15.0. The van der Waals surface area contributed by atoms with Gasteiger partial charge >= 0.3 is 0 Å². The standard InChI is InChI=1S/C17H24N2O4S/c1-3-24(21,22)19-10-8-17(13-19)7-9-18(16(17)20)12-14-5-4-6-15(11-14)23-2/h4-6,11H,3,7-10,12-13H2,1-2H3/t17-/m1/s1. The summed E-state index contributed by atoms with van der Waals surface area (Å²) in [4.78, 5) is 14.8. The summed E-state index contributed by atoms with van der Waals surface area (Å²) >= 11 is 0. The van der Waals surface area contributed by atoms with Crippen LogP contribution >= 0.6 is 0 Å². The first-order valence-electron chi connectivity index (χ1n) is 8.30. The molecule has 1 aromatic rings. The number of ether oxygens (including phenoxy) is 1. The van der Waals surface area contributed by atoms with Crippen molar-refractivity contribution in [1.29, 1.82) is 0 Å². The lowest BCUT2D eigenvalue weighted by Gasteiger charge is -2.23. The molecule has 1 aromatic carbocycles. The minimum atomic E-state index is -3.22. The summed E-state index contributed by atoms with van der Waals surface area (Å²) in [6.07, 6.45) is 1.35. The molecule has 3 rings (SSSR count). The zero-order valence-electron chi connectivity index (χ0n) is 14.2. The van der Waals surface area contributed by atoms with E-state index in [1.807, 2.05) is 29.2 Å². The molecular weight excluding hydrogens is 328 g/mol. The molecule has 24 heavy (non-hydrogen) atoms. The Hall–Kier alpha value is -1.60. The Labute approximate surface area is 143 Å². The van der Waals surface area contributed by atoms with Crippen molar-refractivity contribution in [2.75, 3.05) is 32.5 Å². The van der Waals surface area contributed by atoms with Crippen molar-refractivity contribution in [2.45, 2.75) is 26.3 Å². The van der Waals surface area contributed by atoms with Gasteiger partial charge in [-0.1, -0.05) is 12.1 Å². The quantitative estimate of drug-likeness (QED) is 0.805. The highest BCUT2D eigenvalue weighted by molar-refractivity contribution is 7.89. The Bertz CT molecular complexity index is 734. The second-order valence-corrected chi connectivity index (χ2v) is 8.85. The van der Waals surface area contributed by atoms with E-state index in [9.17, 15) is 13.2 Å². The van der Waals surface area contributed by atoms with E-state index in [0.717, 1.165) is 17.7 Å². The average molecular weight is 352 g/mol. The maximum atomic E-state index is 12.9. The van der Waals surface area contributed by atoms with Crippen molar-refractivity contribution in [3.05, 3.63) is 29.8 Å². The van der Waals surface area contributed by atoms with Crippen molar-refractivity contribution in [1.82, 2.24) is 9.21 Å². The van der Waals surface area contributed by atoms with E-state index in [2.05, 4.69) is 0 Å². The van der Waals surface area contributed by atoms with Gasteiger partial charge in [0.05, 0.1) is 18.3 Å². The van der Waals surface area contributed by atoms with Crippen LogP contribution in [0.15, 0.2) is 24.3 Å². The molecule has 1 atom stereocenters. The third kappa shape index (κ3) is 3.02. The molecule has 0 bridgehead atoms. The summed E-state index contributed by atoms with van der Waals surface area (Å²) in [5.41, 5.74) is 0.497. The van der Waals surface area contributed by atoms with Crippen LogP contribution in [-0.4, -0.2) is 56.0 Å². The van der Waals surface area contributed by atoms with E-state index in [1.54, 1.807) is 14.0 Å². The van der Waals surface area contributed by atoms with Crippen LogP contribution in [0.2, 0.25) is 0 Å². The van der Waals surface area contributed by atoms with Crippen LogP contribution in [0, 0.1) is 5.41 Å². The van der Waals surface area contributed by atoms with E-state index in [0.29, 0.717) is 32.6 Å². The topological polar surface area (TPSA) is 66.9 Å². The minimum Gasteiger partial charge on any atom is -0.497 e. The molecule has 0 saturated carbocycles. The van der Waals surface area contributed by atoms with Crippen LogP contribution in [-0.2, 0) is 21.4 Å². The second kappa shape index (κ2) is 6.37. The summed E-state index contributed by atoms with van der Waals surface area (Å²) in [5, 5.41) is 0. The van der Waals surface area contributed by atoms with Crippen molar-refractivity contribution in [3.8, 4) is 5.75 Å². The molecule has 132 valence electrons. The summed E-state index contributed by atoms with van der Waals surface area (Å²) in [6.45, 7) is 3.64. The molecule has 0 aliphatic carbocycles. The number of carbonyl (C=O) groups is 1. The Kier molecular flexibility index (Phi) is 4.57. The molecule has 0 unspecified atom stereocenters. The number of rotatable bonds is 5. The fourth-order valence-corrected chi connectivity index (χ4v) is 4.85. The van der Waals surface area contributed by atoms with Crippen LogP contribution < -0.4 is 4.74 Å². The van der Waals surface area contributed by atoms with Crippen LogP contribution in [0.3, 0.4) is 0 Å². The molecule has 2 aliphatic heterocycles. The summed E-state index contributed by atoms with van der Waals surface area (Å²) < 4.78 is 30.9. The number of methoxy groups -OCH3 is 1. The highest BCUT2D eigenvalue weighted by atomic mass is 32.2. The average Bonchev–Trinajstić information content (AvgIpc) is 3.16. The zero-order chi connectivity index (χ0) is 17.4. The first-order valence-corrected chi connectivity index (χ1v) is 9.91. The SMILES string of the molecule is CCS(=O)(=O)N1CC[C@]2(CCN(Cc3cccc(OC)c3)C2=O)C1. The smallest absolute Gasteiger partial charge is 0.230 e. The van der Waals surface area contributed by atoms with Crippen molar-refractivity contribution in [2.24, 2.45) is 5.41 Å². The molecule has 0 radical (unpaired) electrons. The van der Waals surface area contributed by atoms with Crippen molar-refractivity contribution >= 4 is 15.9 Å². The molecule has 1 spiro atoms. The van der Waals surface area contributed by atoms with Crippen LogP contribution in [0.25, 0.3) is 0 Å². The lowest BCUT2D eigenvalue weighted by Crippen LogP contribution is -2.38. The number of sulfonamides is 1. The van der Waals surface area contributed by atoms with Crippen LogP contribution in [0.1, 0.15) is 25.3 Å². The number of hydrogen-bond donors (Lipinski definition) is 0. The van der Waals surface area contributed by atoms with Gasteiger partial charge in [0.25, 0.3) is 0 Å². The van der Waals surface area contributed by atoms with Gasteiger partial charge in [0.1, 0.15) is 5.75 Å². The van der Waals surface area contributed by atoms with Gasteiger partial charge in [-0.2, -0.15) is 0 Å². The van der Waals surface area contributed by atoms with Gasteiger partial charge in [0, 0.05) is 26.2 Å². The van der Waals surface area contributed by atoms with Gasteiger partial charge in [0.15, 0.2) is 0 Å². The van der Waals surface area contributed by atoms with Crippen LogP contribution in [0.4, 0.5) is 0 Å². The number of amides is 1. The maximum Gasteiger partial charge on any atom is 0.230 e. The first-order chi connectivity index (χ1) is 11.4. The normalized spacial score (nSPS) is 24.9. The summed E-state index contributed by atoms with van der Waals surface area (Å²) in [6, 6.07) is 7.70. The number of carbonyl (C=O) groups excluding carboxylic acids is 1. The third-order valence-electron chi connectivity index (χ3n) is 5.19. The number of nitrogens with zero attached hydrogens (tertiary/aromatic N) is 2. The van der Waals surface area contributed by atoms with E-state index < -0.39 is 15.4 Å². The Morgan fingerprint density at radius 2 is 2.00 bits per heavy atom. The highest BCUT2D eigenvalue weighted by Gasteiger charge is 2.52. The van der Waals surface area contributed by atoms with Gasteiger partial charge in [0.2, 0.25) is 15.9 Å². The van der Waals surface area contributed by atoms with E-state index in [-0.39, 0.29) is 11.7 Å². The molecular formula is C17H24N2O4S. The lowest BCUT2D eigenvalue weighted by atomic mass is 9.86. The molecule has 2 saturated heterocycles. The second-order valence-electron chi connectivity index (χ2n) is 6.59. The Morgan fingerprint density at radius 1 is 1.25 bits per heavy atom. The third-order valence-corrected chi connectivity index (χ3v) is 7.01. The highest BCUT2D eigenvalue weighted by Crippen LogP contribution is 2.42. The van der Waals surface area contributed by atoms with Crippen molar-refractivity contribution in [3.63, 3.8) is 0 Å². The van der Waals surface area contributed by atoms with Gasteiger partial charge < -0.3 is 9.64 Å². The van der Waals surface area contributed by atoms with Crippen molar-refractivity contribution < 1.29 is 17.9 Å². The fourth-order valence-electron chi connectivity index (χ4n) is 3.67. The van der Waals surface area contributed by atoms with Gasteiger partial charge in [-0.25, -0.2) is 12.7 Å². The first kappa shape index (κ1) is 17.2. The monoisotopic (exact) mass is 352 g/mol. The lowest BCUT2D eigenvalue weighted by molar-refractivity contribution is -0.135. The molecule has 0 N–H and O–H groups in total. The molecule has 1 amide bonds. The predicted octanol–water partition coefficient (Wildman–Crippen LogP) is 1.47. The summed E-state index contributed by atoms with van der Waals surface area (Å²) in [5.74, 6) is 0.944. The maximum absolute atomic E-state index is 12.9. The molecule has 6 nitrogen and oxygen atoms in total. The molecule has 0 aromatic heterocycles. The van der Waals surface area contributed by atoms with Gasteiger partial charge in [-0.05, 0) is 37.5 Å². The Balaban J connectivity index is 1.71. The van der Waals surface area contributed by atoms with E-state index >= 15 is 0 Å². The summed E-state index contributed by atoms with van der Waals surface area (Å²) in [7, 11) is -1.60. The molecule has 2 aliphatic rings. The number of likely N-dealkylation sites (tertiary alicyclic amines) is 1. The van der Waals surface area contributed by atoms with E-state index in [4.69, 9.17) is 4.74 Å². The predicted molar refractivity (Wildman–Crippen MR) is 91.1 cm³/mol. The molecule has 2 heterocycles. The van der Waals surface area contributed by atoms with Gasteiger partial charge in [-0.15, -0.1) is 0 Å². The van der Waals surface area contributed by atoms with Crippen LogP contribution in [0.5, 0.6) is 5.75 Å². The minimum absolute atomic E-state index is 0.0825. The number of benzene rings is 1. The Morgan fingerprint density at radius 3 is 2.71 bits per heavy atom.